The number of hydrogen-bond acceptors (Lipinski definition) is 5. The summed E-state index contributed by atoms with van der Waals surface area (Å²) in [7, 11) is 1.57. The molecule has 0 aliphatic carbocycles. The average Bonchev–Trinajstić information content (AvgIpc) is 2.48. The summed E-state index contributed by atoms with van der Waals surface area (Å²) in [6, 6.07) is 5.22. The lowest BCUT2D eigenvalue weighted by molar-refractivity contribution is -0.116. The molecular weight excluding hydrogens is 274 g/mol. The second-order valence-corrected chi connectivity index (χ2v) is 5.94. The second kappa shape index (κ2) is 7.40. The first-order valence-electron chi connectivity index (χ1n) is 6.72. The number of nitrogens with one attached hydrogen (secondary N) is 1. The van der Waals surface area contributed by atoms with Gasteiger partial charge in [-0.15, -0.1) is 0 Å². The van der Waals surface area contributed by atoms with Crippen molar-refractivity contribution < 1.29 is 9.53 Å². The summed E-state index contributed by atoms with van der Waals surface area (Å²) in [4.78, 5) is 14.3. The molecule has 1 amide bonds. The van der Waals surface area contributed by atoms with Crippen LogP contribution in [-0.2, 0) is 4.79 Å². The van der Waals surface area contributed by atoms with Crippen molar-refractivity contribution in [3.05, 3.63) is 18.2 Å². The zero-order valence-corrected chi connectivity index (χ0v) is 12.5. The van der Waals surface area contributed by atoms with Crippen LogP contribution in [0.2, 0.25) is 0 Å². The molecular formula is C14H21N3O2S. The number of nitrogens with zero attached hydrogens (tertiary/aromatic N) is 1. The number of carbonyl (C=O) groups excluding carboxylic acids is 1. The molecule has 1 aliphatic heterocycles. The minimum atomic E-state index is 0.00583. The van der Waals surface area contributed by atoms with Crippen LogP contribution in [0, 0.1) is 0 Å². The summed E-state index contributed by atoms with van der Waals surface area (Å²) < 4.78 is 5.21. The van der Waals surface area contributed by atoms with E-state index in [-0.39, 0.29) is 5.91 Å². The molecule has 1 aliphatic rings. The van der Waals surface area contributed by atoms with Gasteiger partial charge in [0.1, 0.15) is 5.75 Å². The maximum absolute atomic E-state index is 12.0. The van der Waals surface area contributed by atoms with E-state index in [0.717, 1.165) is 31.1 Å². The average molecular weight is 295 g/mol. The predicted octanol–water partition coefficient (Wildman–Crippen LogP) is 1.65. The van der Waals surface area contributed by atoms with Gasteiger partial charge in [-0.2, -0.15) is 11.8 Å². The Morgan fingerprint density at radius 3 is 2.90 bits per heavy atom. The number of rotatable bonds is 5. The topological polar surface area (TPSA) is 67.6 Å². The molecule has 0 saturated carbocycles. The SMILES string of the molecule is COc1cc(N)ccc1NC(=O)CCN1CCSCC1. The Hall–Kier alpha value is -1.40. The van der Waals surface area contributed by atoms with E-state index >= 15 is 0 Å². The molecule has 1 aromatic carbocycles. The lowest BCUT2D eigenvalue weighted by atomic mass is 10.2. The number of amides is 1. The van der Waals surface area contributed by atoms with Crippen LogP contribution in [0.3, 0.4) is 0 Å². The Balaban J connectivity index is 1.84. The molecule has 5 nitrogen and oxygen atoms in total. The molecule has 1 aromatic rings. The van der Waals surface area contributed by atoms with Gasteiger partial charge in [-0.1, -0.05) is 0 Å². The summed E-state index contributed by atoms with van der Waals surface area (Å²) in [5, 5.41) is 2.88. The third-order valence-electron chi connectivity index (χ3n) is 3.26. The van der Waals surface area contributed by atoms with Gasteiger partial charge < -0.3 is 20.7 Å². The summed E-state index contributed by atoms with van der Waals surface area (Å²) in [5.74, 6) is 2.92. The molecule has 20 heavy (non-hydrogen) atoms. The van der Waals surface area contributed by atoms with Crippen molar-refractivity contribution in [2.75, 3.05) is 49.3 Å². The van der Waals surface area contributed by atoms with E-state index in [0.29, 0.717) is 23.5 Å². The Morgan fingerprint density at radius 1 is 1.45 bits per heavy atom. The Labute approximate surface area is 123 Å². The fourth-order valence-corrected chi connectivity index (χ4v) is 3.09. The summed E-state index contributed by atoms with van der Waals surface area (Å²) in [6.45, 7) is 2.95. The van der Waals surface area contributed by atoms with Crippen molar-refractivity contribution in [3.63, 3.8) is 0 Å². The van der Waals surface area contributed by atoms with Crippen LogP contribution in [0.25, 0.3) is 0 Å². The van der Waals surface area contributed by atoms with Gasteiger partial charge in [0, 0.05) is 49.3 Å². The maximum Gasteiger partial charge on any atom is 0.225 e. The molecule has 2 rings (SSSR count). The molecule has 3 N–H and O–H groups in total. The van der Waals surface area contributed by atoms with Crippen molar-refractivity contribution >= 4 is 29.0 Å². The molecule has 6 heteroatoms. The van der Waals surface area contributed by atoms with Crippen LogP contribution in [0.1, 0.15) is 6.42 Å². The van der Waals surface area contributed by atoms with E-state index in [1.54, 1.807) is 25.3 Å². The Morgan fingerprint density at radius 2 is 2.20 bits per heavy atom. The van der Waals surface area contributed by atoms with E-state index in [1.165, 1.54) is 0 Å². The first-order valence-corrected chi connectivity index (χ1v) is 7.88. The molecule has 1 saturated heterocycles. The highest BCUT2D eigenvalue weighted by atomic mass is 32.2. The fraction of sp³-hybridized carbons (Fsp3) is 0.500. The third-order valence-corrected chi connectivity index (χ3v) is 4.20. The zero-order valence-electron chi connectivity index (χ0n) is 11.7. The highest BCUT2D eigenvalue weighted by Crippen LogP contribution is 2.26. The van der Waals surface area contributed by atoms with Crippen molar-refractivity contribution in [1.29, 1.82) is 0 Å². The minimum absolute atomic E-state index is 0.00583. The number of methoxy groups -OCH3 is 1. The van der Waals surface area contributed by atoms with E-state index in [1.807, 2.05) is 11.8 Å². The van der Waals surface area contributed by atoms with Gasteiger partial charge in [0.15, 0.2) is 0 Å². The lowest BCUT2D eigenvalue weighted by Crippen LogP contribution is -2.34. The Kier molecular flexibility index (Phi) is 5.55. The molecule has 0 spiro atoms. The van der Waals surface area contributed by atoms with Crippen LogP contribution >= 0.6 is 11.8 Å². The van der Waals surface area contributed by atoms with Crippen LogP contribution in [0.15, 0.2) is 18.2 Å². The number of hydrogen-bond donors (Lipinski definition) is 2. The largest absolute Gasteiger partial charge is 0.494 e. The lowest BCUT2D eigenvalue weighted by Gasteiger charge is -2.25. The van der Waals surface area contributed by atoms with Gasteiger partial charge in [-0.05, 0) is 12.1 Å². The van der Waals surface area contributed by atoms with Crippen molar-refractivity contribution in [2.45, 2.75) is 6.42 Å². The molecule has 110 valence electrons. The monoisotopic (exact) mass is 295 g/mol. The maximum atomic E-state index is 12.0. The summed E-state index contributed by atoms with van der Waals surface area (Å²) in [6.07, 6.45) is 0.498. The first-order chi connectivity index (χ1) is 9.69. The van der Waals surface area contributed by atoms with Crippen LogP contribution < -0.4 is 15.8 Å². The van der Waals surface area contributed by atoms with Crippen molar-refractivity contribution in [2.24, 2.45) is 0 Å². The van der Waals surface area contributed by atoms with E-state index in [4.69, 9.17) is 10.5 Å². The third kappa shape index (κ3) is 4.31. The molecule has 0 atom stereocenters. The van der Waals surface area contributed by atoms with E-state index < -0.39 is 0 Å². The minimum Gasteiger partial charge on any atom is -0.494 e. The number of anilines is 2. The summed E-state index contributed by atoms with van der Waals surface area (Å²) in [5.41, 5.74) is 6.97. The molecule has 1 fully saturated rings. The van der Waals surface area contributed by atoms with Crippen LogP contribution in [0.5, 0.6) is 5.75 Å². The van der Waals surface area contributed by atoms with E-state index in [2.05, 4.69) is 10.2 Å². The quantitative estimate of drug-likeness (QED) is 0.809. The molecule has 0 aromatic heterocycles. The standard InChI is InChI=1S/C14H21N3O2S/c1-19-13-10-11(15)2-3-12(13)16-14(18)4-5-17-6-8-20-9-7-17/h2-3,10H,4-9,15H2,1H3,(H,16,18). The first kappa shape index (κ1) is 15.0. The smallest absolute Gasteiger partial charge is 0.225 e. The normalized spacial score (nSPS) is 15.8. The van der Waals surface area contributed by atoms with E-state index in [9.17, 15) is 4.79 Å². The molecule has 0 radical (unpaired) electrons. The van der Waals surface area contributed by atoms with Crippen LogP contribution in [0.4, 0.5) is 11.4 Å². The zero-order chi connectivity index (χ0) is 14.4. The van der Waals surface area contributed by atoms with Crippen molar-refractivity contribution in [3.8, 4) is 5.75 Å². The number of nitrogen functional groups attached to an aromatic ring is 1. The molecule has 1 heterocycles. The molecule has 0 unspecified atom stereocenters. The number of thioether (sulfide) groups is 1. The number of nitrogens with two attached hydrogens (primary N) is 1. The summed E-state index contributed by atoms with van der Waals surface area (Å²) >= 11 is 1.97. The fourth-order valence-electron chi connectivity index (χ4n) is 2.11. The second-order valence-electron chi connectivity index (χ2n) is 4.71. The Bertz CT molecular complexity index is 462. The number of carbonyl (C=O) groups is 1. The van der Waals surface area contributed by atoms with Gasteiger partial charge in [0.05, 0.1) is 12.8 Å². The van der Waals surface area contributed by atoms with Gasteiger partial charge in [0.2, 0.25) is 5.91 Å². The number of benzene rings is 1. The van der Waals surface area contributed by atoms with Crippen LogP contribution in [-0.4, -0.2) is 49.1 Å². The predicted molar refractivity (Wildman–Crippen MR) is 84.4 cm³/mol. The van der Waals surface area contributed by atoms with Gasteiger partial charge in [-0.3, -0.25) is 4.79 Å². The highest BCUT2D eigenvalue weighted by Gasteiger charge is 2.13. The van der Waals surface area contributed by atoms with Gasteiger partial charge in [0.25, 0.3) is 0 Å². The number of ether oxygens (including phenoxy) is 1. The van der Waals surface area contributed by atoms with Crippen molar-refractivity contribution in [1.82, 2.24) is 4.90 Å². The highest BCUT2D eigenvalue weighted by molar-refractivity contribution is 7.99. The molecule has 0 bridgehead atoms. The van der Waals surface area contributed by atoms with Gasteiger partial charge in [-0.25, -0.2) is 0 Å². The van der Waals surface area contributed by atoms with Gasteiger partial charge >= 0.3 is 0 Å².